The average molecular weight is 359 g/mol. The number of amides is 1. The van der Waals surface area contributed by atoms with Crippen LogP contribution in [-0.4, -0.2) is 51.7 Å². The Labute approximate surface area is 153 Å². The molecule has 1 amide bonds. The number of likely N-dealkylation sites (tertiary alicyclic amines) is 1. The fourth-order valence-electron chi connectivity index (χ4n) is 3.49. The van der Waals surface area contributed by atoms with Gasteiger partial charge in [0.05, 0.1) is 5.69 Å². The van der Waals surface area contributed by atoms with E-state index in [1.54, 1.807) is 17.0 Å². The fraction of sp³-hybridized carbons (Fsp3) is 0.474. The topological polar surface area (TPSA) is 67.4 Å². The maximum Gasteiger partial charge on any atom is 0.244 e. The van der Waals surface area contributed by atoms with Gasteiger partial charge in [-0.1, -0.05) is 18.2 Å². The third kappa shape index (κ3) is 4.22. The second kappa shape index (κ2) is 7.86. The molecule has 2 heterocycles. The molecule has 1 aliphatic heterocycles. The van der Waals surface area contributed by atoms with Gasteiger partial charge in [-0.2, -0.15) is 5.10 Å². The van der Waals surface area contributed by atoms with Crippen LogP contribution in [0, 0.1) is 12.7 Å². The van der Waals surface area contributed by atoms with Crippen molar-refractivity contribution in [1.82, 2.24) is 19.6 Å². The Morgan fingerprint density at radius 3 is 2.88 bits per heavy atom. The minimum absolute atomic E-state index is 0.0162. The lowest BCUT2D eigenvalue weighted by atomic mass is 10.0. The van der Waals surface area contributed by atoms with Crippen molar-refractivity contribution in [2.24, 2.45) is 0 Å². The van der Waals surface area contributed by atoms with E-state index in [1.807, 2.05) is 26.1 Å². The molecular weight excluding hydrogens is 333 g/mol. The van der Waals surface area contributed by atoms with Crippen LogP contribution in [0.4, 0.5) is 10.2 Å². The second-order valence-corrected chi connectivity index (χ2v) is 7.00. The molecule has 26 heavy (non-hydrogen) atoms. The van der Waals surface area contributed by atoms with Gasteiger partial charge in [0.2, 0.25) is 5.91 Å². The Morgan fingerprint density at radius 2 is 2.19 bits per heavy atom. The van der Waals surface area contributed by atoms with Crippen molar-refractivity contribution in [3.63, 3.8) is 0 Å². The summed E-state index contributed by atoms with van der Waals surface area (Å²) in [5.41, 5.74) is 7.37. The molecule has 0 spiro atoms. The Hall–Kier alpha value is -2.41. The van der Waals surface area contributed by atoms with Crippen LogP contribution in [0.25, 0.3) is 0 Å². The van der Waals surface area contributed by atoms with Gasteiger partial charge < -0.3 is 10.6 Å². The molecular formula is C19H26FN5O. The van der Waals surface area contributed by atoms with Crippen LogP contribution < -0.4 is 5.73 Å². The molecule has 0 saturated carbocycles. The molecule has 140 valence electrons. The fourth-order valence-corrected chi connectivity index (χ4v) is 3.49. The molecule has 2 N–H and O–H groups in total. The largest absolute Gasteiger partial charge is 0.384 e. The zero-order valence-corrected chi connectivity index (χ0v) is 15.4. The average Bonchev–Trinajstić information content (AvgIpc) is 2.93. The number of rotatable bonds is 5. The SMILES string of the molecule is Cc1cc(N)n(CC(=O)N(C)[C@@H]2CCCN(Cc3ccccc3F)C2)n1. The minimum Gasteiger partial charge on any atom is -0.384 e. The van der Waals surface area contributed by atoms with Crippen molar-refractivity contribution in [2.45, 2.75) is 38.9 Å². The highest BCUT2D eigenvalue weighted by atomic mass is 19.1. The van der Waals surface area contributed by atoms with Gasteiger partial charge in [0.25, 0.3) is 0 Å². The van der Waals surface area contributed by atoms with E-state index in [0.29, 0.717) is 17.9 Å². The van der Waals surface area contributed by atoms with Crippen molar-refractivity contribution < 1.29 is 9.18 Å². The van der Waals surface area contributed by atoms with E-state index >= 15 is 0 Å². The summed E-state index contributed by atoms with van der Waals surface area (Å²) in [5, 5.41) is 4.25. The number of halogens is 1. The van der Waals surface area contributed by atoms with Crippen LogP contribution in [0.3, 0.4) is 0 Å². The summed E-state index contributed by atoms with van der Waals surface area (Å²) < 4.78 is 15.4. The number of hydrogen-bond donors (Lipinski definition) is 1. The molecule has 6 nitrogen and oxygen atoms in total. The van der Waals surface area contributed by atoms with Crippen LogP contribution in [-0.2, 0) is 17.9 Å². The minimum atomic E-state index is -0.177. The van der Waals surface area contributed by atoms with E-state index < -0.39 is 0 Å². The standard InChI is InChI=1S/C19H26FN5O/c1-14-10-18(21)25(22-14)13-19(26)23(2)16-7-5-9-24(12-16)11-15-6-3-4-8-17(15)20/h3-4,6,8,10,16H,5,7,9,11-13,21H2,1-2H3/t16-/m1/s1. The first-order chi connectivity index (χ1) is 12.4. The first-order valence-corrected chi connectivity index (χ1v) is 8.95. The van der Waals surface area contributed by atoms with Gasteiger partial charge >= 0.3 is 0 Å². The van der Waals surface area contributed by atoms with Gasteiger partial charge in [0, 0.05) is 37.8 Å². The van der Waals surface area contributed by atoms with Gasteiger partial charge in [-0.3, -0.25) is 9.69 Å². The van der Waals surface area contributed by atoms with Gasteiger partial charge in [-0.05, 0) is 32.4 Å². The maximum atomic E-state index is 13.9. The normalized spacial score (nSPS) is 18.0. The lowest BCUT2D eigenvalue weighted by Gasteiger charge is -2.37. The number of benzene rings is 1. The number of piperidine rings is 1. The number of nitrogens with zero attached hydrogens (tertiary/aromatic N) is 4. The Balaban J connectivity index is 1.60. The number of nitrogens with two attached hydrogens (primary N) is 1. The first kappa shape index (κ1) is 18.4. The van der Waals surface area contributed by atoms with Gasteiger partial charge in [-0.25, -0.2) is 9.07 Å². The summed E-state index contributed by atoms with van der Waals surface area (Å²) in [6, 6.07) is 8.73. The Kier molecular flexibility index (Phi) is 5.56. The molecule has 1 aliphatic rings. The number of carbonyl (C=O) groups excluding carboxylic acids is 1. The van der Waals surface area contributed by atoms with E-state index in [4.69, 9.17) is 5.73 Å². The van der Waals surface area contributed by atoms with Crippen LogP contribution >= 0.6 is 0 Å². The molecule has 1 aromatic carbocycles. The molecule has 0 aliphatic carbocycles. The summed E-state index contributed by atoms with van der Waals surface area (Å²) in [5.74, 6) is 0.301. The number of aryl methyl sites for hydroxylation is 1. The van der Waals surface area contributed by atoms with Crippen molar-refractivity contribution >= 4 is 11.7 Å². The quantitative estimate of drug-likeness (QED) is 0.887. The Bertz CT molecular complexity index is 775. The third-order valence-electron chi connectivity index (χ3n) is 4.99. The number of nitrogen functional groups attached to an aromatic ring is 1. The van der Waals surface area contributed by atoms with E-state index in [9.17, 15) is 9.18 Å². The summed E-state index contributed by atoms with van der Waals surface area (Å²) in [6.07, 6.45) is 1.93. The Morgan fingerprint density at radius 1 is 1.42 bits per heavy atom. The molecule has 0 bridgehead atoms. The summed E-state index contributed by atoms with van der Waals surface area (Å²) >= 11 is 0. The highest BCUT2D eigenvalue weighted by Crippen LogP contribution is 2.19. The summed E-state index contributed by atoms with van der Waals surface area (Å²) in [6.45, 7) is 4.21. The van der Waals surface area contributed by atoms with Crippen molar-refractivity contribution in [1.29, 1.82) is 0 Å². The van der Waals surface area contributed by atoms with Crippen molar-refractivity contribution in [2.75, 3.05) is 25.9 Å². The van der Waals surface area contributed by atoms with E-state index in [-0.39, 0.29) is 24.3 Å². The number of aromatic nitrogens is 2. The zero-order chi connectivity index (χ0) is 18.7. The third-order valence-corrected chi connectivity index (χ3v) is 4.99. The molecule has 2 aromatic rings. The smallest absolute Gasteiger partial charge is 0.244 e. The van der Waals surface area contributed by atoms with Gasteiger partial charge in [0.15, 0.2) is 0 Å². The molecule has 1 saturated heterocycles. The van der Waals surface area contributed by atoms with Crippen molar-refractivity contribution in [3.8, 4) is 0 Å². The van der Waals surface area contributed by atoms with Crippen LogP contribution in [0.2, 0.25) is 0 Å². The van der Waals surface area contributed by atoms with Gasteiger partial charge in [0.1, 0.15) is 18.2 Å². The van der Waals surface area contributed by atoms with Crippen molar-refractivity contribution in [3.05, 3.63) is 47.4 Å². The van der Waals surface area contributed by atoms with Gasteiger partial charge in [-0.15, -0.1) is 0 Å². The summed E-state index contributed by atoms with van der Waals surface area (Å²) in [4.78, 5) is 16.6. The molecule has 0 unspecified atom stereocenters. The van der Waals surface area contributed by atoms with E-state index in [1.165, 1.54) is 10.7 Å². The van der Waals surface area contributed by atoms with Crippen LogP contribution in [0.5, 0.6) is 0 Å². The van der Waals surface area contributed by atoms with E-state index in [2.05, 4.69) is 10.00 Å². The van der Waals surface area contributed by atoms with E-state index in [0.717, 1.165) is 31.6 Å². The molecule has 1 aromatic heterocycles. The number of likely N-dealkylation sites (N-methyl/N-ethyl adjacent to an activating group) is 1. The second-order valence-electron chi connectivity index (χ2n) is 7.00. The molecule has 1 atom stereocenters. The molecule has 0 radical (unpaired) electrons. The zero-order valence-electron chi connectivity index (χ0n) is 15.4. The number of carbonyl (C=O) groups is 1. The lowest BCUT2D eigenvalue weighted by molar-refractivity contribution is -0.133. The van der Waals surface area contributed by atoms with Crippen LogP contribution in [0.1, 0.15) is 24.1 Å². The first-order valence-electron chi connectivity index (χ1n) is 8.95. The number of hydrogen-bond acceptors (Lipinski definition) is 4. The monoisotopic (exact) mass is 359 g/mol. The summed E-state index contributed by atoms with van der Waals surface area (Å²) in [7, 11) is 1.83. The molecule has 3 rings (SSSR count). The predicted octanol–water partition coefficient (Wildman–Crippen LogP) is 2.04. The lowest BCUT2D eigenvalue weighted by Crippen LogP contribution is -2.49. The highest BCUT2D eigenvalue weighted by Gasteiger charge is 2.27. The molecule has 7 heteroatoms. The van der Waals surface area contributed by atoms with Crippen LogP contribution in [0.15, 0.2) is 30.3 Å². The maximum absolute atomic E-state index is 13.9. The highest BCUT2D eigenvalue weighted by molar-refractivity contribution is 5.76. The molecule has 1 fully saturated rings. The predicted molar refractivity (Wildman–Crippen MR) is 98.8 cm³/mol. The number of anilines is 1.